The van der Waals surface area contributed by atoms with Gasteiger partial charge in [-0.15, -0.1) is 18.2 Å². The van der Waals surface area contributed by atoms with E-state index in [4.69, 9.17) is 6.42 Å². The van der Waals surface area contributed by atoms with Gasteiger partial charge in [0.15, 0.2) is 0 Å². The molecule has 0 saturated carbocycles. The van der Waals surface area contributed by atoms with E-state index >= 15 is 0 Å². The number of hydrogen-bond acceptors (Lipinski definition) is 3. The third-order valence-corrected chi connectivity index (χ3v) is 5.33. The Morgan fingerprint density at radius 3 is 2.77 bits per heavy atom. The molecular formula is C20H17FN2O2S. The SMILES string of the molecule is C#Cc1cccc(NC(=O)C2CSC(Cc3ccc(F)cc3)C(=O)N2)c1. The van der Waals surface area contributed by atoms with Crippen molar-refractivity contribution in [1.82, 2.24) is 5.32 Å². The molecule has 2 aromatic carbocycles. The molecule has 3 rings (SSSR count). The van der Waals surface area contributed by atoms with Crippen LogP contribution in [0, 0.1) is 18.2 Å². The molecule has 26 heavy (non-hydrogen) atoms. The Bertz CT molecular complexity index is 861. The van der Waals surface area contributed by atoms with E-state index in [1.54, 1.807) is 36.4 Å². The minimum Gasteiger partial charge on any atom is -0.343 e. The highest BCUT2D eigenvalue weighted by atomic mass is 32.2. The number of amides is 2. The van der Waals surface area contributed by atoms with E-state index in [0.29, 0.717) is 23.4 Å². The van der Waals surface area contributed by atoms with Crippen LogP contribution in [0.2, 0.25) is 0 Å². The fraction of sp³-hybridized carbons (Fsp3) is 0.200. The molecule has 1 heterocycles. The number of rotatable bonds is 4. The zero-order valence-electron chi connectivity index (χ0n) is 13.9. The van der Waals surface area contributed by atoms with Crippen molar-refractivity contribution in [3.63, 3.8) is 0 Å². The quantitative estimate of drug-likeness (QED) is 0.816. The Morgan fingerprint density at radius 1 is 1.31 bits per heavy atom. The largest absolute Gasteiger partial charge is 0.343 e. The van der Waals surface area contributed by atoms with Gasteiger partial charge in [-0.25, -0.2) is 4.39 Å². The van der Waals surface area contributed by atoms with Gasteiger partial charge >= 0.3 is 0 Å². The lowest BCUT2D eigenvalue weighted by molar-refractivity contribution is -0.126. The van der Waals surface area contributed by atoms with Crippen molar-refractivity contribution in [3.8, 4) is 12.3 Å². The number of carbonyl (C=O) groups excluding carboxylic acids is 2. The predicted molar refractivity (Wildman–Crippen MR) is 101 cm³/mol. The molecule has 0 aliphatic carbocycles. The molecule has 1 aliphatic heterocycles. The first-order chi connectivity index (χ1) is 12.5. The van der Waals surface area contributed by atoms with Crippen LogP contribution in [0.3, 0.4) is 0 Å². The maximum absolute atomic E-state index is 13.0. The van der Waals surface area contributed by atoms with E-state index in [9.17, 15) is 14.0 Å². The van der Waals surface area contributed by atoms with E-state index in [1.807, 2.05) is 0 Å². The van der Waals surface area contributed by atoms with Gasteiger partial charge in [0.25, 0.3) is 0 Å². The predicted octanol–water partition coefficient (Wildman–Crippen LogP) is 2.59. The summed E-state index contributed by atoms with van der Waals surface area (Å²) in [7, 11) is 0. The number of terminal acetylenes is 1. The fourth-order valence-corrected chi connectivity index (χ4v) is 3.83. The number of benzene rings is 2. The van der Waals surface area contributed by atoms with Crippen molar-refractivity contribution in [2.45, 2.75) is 17.7 Å². The van der Waals surface area contributed by atoms with E-state index in [2.05, 4.69) is 16.6 Å². The molecule has 4 nitrogen and oxygen atoms in total. The molecule has 2 atom stereocenters. The summed E-state index contributed by atoms with van der Waals surface area (Å²) in [4.78, 5) is 24.7. The minimum absolute atomic E-state index is 0.192. The van der Waals surface area contributed by atoms with Crippen molar-refractivity contribution in [2.24, 2.45) is 0 Å². The van der Waals surface area contributed by atoms with Crippen molar-refractivity contribution >= 4 is 29.3 Å². The third kappa shape index (κ3) is 4.44. The average Bonchev–Trinajstić information content (AvgIpc) is 2.65. The van der Waals surface area contributed by atoms with Crippen LogP contribution in [0.5, 0.6) is 0 Å². The smallest absolute Gasteiger partial charge is 0.247 e. The summed E-state index contributed by atoms with van der Waals surface area (Å²) < 4.78 is 13.0. The van der Waals surface area contributed by atoms with Crippen LogP contribution in [-0.2, 0) is 16.0 Å². The molecule has 0 spiro atoms. The first kappa shape index (κ1) is 18.0. The highest BCUT2D eigenvalue weighted by molar-refractivity contribution is 8.00. The van der Waals surface area contributed by atoms with E-state index in [0.717, 1.165) is 5.56 Å². The summed E-state index contributed by atoms with van der Waals surface area (Å²) in [6.07, 6.45) is 5.85. The standard InChI is InChI=1S/C20H17FN2O2S/c1-2-13-4-3-5-16(10-13)22-19(24)17-12-26-18(20(25)23-17)11-14-6-8-15(21)9-7-14/h1,3-10,17-18H,11-12H2,(H,22,24)(H,23,25). The Balaban J connectivity index is 1.57. The molecule has 1 aliphatic rings. The zero-order valence-corrected chi connectivity index (χ0v) is 14.7. The van der Waals surface area contributed by atoms with Crippen LogP contribution in [0.15, 0.2) is 48.5 Å². The second-order valence-electron chi connectivity index (χ2n) is 5.93. The van der Waals surface area contributed by atoms with Gasteiger partial charge in [0, 0.05) is 17.0 Å². The van der Waals surface area contributed by atoms with E-state index in [-0.39, 0.29) is 22.9 Å². The van der Waals surface area contributed by atoms with Crippen molar-refractivity contribution < 1.29 is 14.0 Å². The zero-order chi connectivity index (χ0) is 18.5. The van der Waals surface area contributed by atoms with Gasteiger partial charge in [0.2, 0.25) is 11.8 Å². The molecule has 2 N–H and O–H groups in total. The molecule has 0 bridgehead atoms. The van der Waals surface area contributed by atoms with Crippen molar-refractivity contribution in [2.75, 3.05) is 11.1 Å². The van der Waals surface area contributed by atoms with Gasteiger partial charge in [0.1, 0.15) is 11.9 Å². The molecule has 0 aromatic heterocycles. The summed E-state index contributed by atoms with van der Waals surface area (Å²) in [5.41, 5.74) is 2.15. The molecule has 132 valence electrons. The van der Waals surface area contributed by atoms with Gasteiger partial charge < -0.3 is 10.6 Å². The van der Waals surface area contributed by atoms with Gasteiger partial charge in [-0.05, 0) is 42.3 Å². The summed E-state index contributed by atoms with van der Waals surface area (Å²) in [5, 5.41) is 5.24. The van der Waals surface area contributed by atoms with Crippen molar-refractivity contribution in [1.29, 1.82) is 0 Å². The van der Waals surface area contributed by atoms with Gasteiger partial charge in [-0.2, -0.15) is 0 Å². The lowest BCUT2D eigenvalue weighted by Crippen LogP contribution is -2.52. The van der Waals surface area contributed by atoms with Crippen LogP contribution in [0.4, 0.5) is 10.1 Å². The fourth-order valence-electron chi connectivity index (χ4n) is 2.64. The van der Waals surface area contributed by atoms with Gasteiger partial charge in [-0.3, -0.25) is 9.59 Å². The molecule has 2 aromatic rings. The Kier molecular flexibility index (Phi) is 5.59. The van der Waals surface area contributed by atoms with Crippen molar-refractivity contribution in [3.05, 3.63) is 65.5 Å². The number of carbonyl (C=O) groups is 2. The van der Waals surface area contributed by atoms with Crippen LogP contribution in [0.25, 0.3) is 0 Å². The molecule has 6 heteroatoms. The highest BCUT2D eigenvalue weighted by Crippen LogP contribution is 2.23. The summed E-state index contributed by atoms with van der Waals surface area (Å²) >= 11 is 1.43. The van der Waals surface area contributed by atoms with E-state index < -0.39 is 6.04 Å². The second-order valence-corrected chi connectivity index (χ2v) is 7.16. The molecule has 2 amide bonds. The summed E-state index contributed by atoms with van der Waals surface area (Å²) in [6, 6.07) is 12.5. The lowest BCUT2D eigenvalue weighted by atomic mass is 10.1. The maximum atomic E-state index is 13.0. The molecular weight excluding hydrogens is 351 g/mol. The summed E-state index contributed by atoms with van der Waals surface area (Å²) in [5.74, 6) is 2.21. The third-order valence-electron chi connectivity index (χ3n) is 4.02. The normalized spacial score (nSPS) is 19.3. The Labute approximate surface area is 155 Å². The average molecular weight is 368 g/mol. The number of anilines is 1. The Hall–Kier alpha value is -2.78. The van der Waals surface area contributed by atoms with Crippen LogP contribution < -0.4 is 10.6 Å². The minimum atomic E-state index is -0.605. The van der Waals surface area contributed by atoms with Crippen LogP contribution in [-0.4, -0.2) is 28.9 Å². The van der Waals surface area contributed by atoms with Crippen LogP contribution >= 0.6 is 11.8 Å². The number of thioether (sulfide) groups is 1. The number of halogens is 1. The maximum Gasteiger partial charge on any atom is 0.247 e. The van der Waals surface area contributed by atoms with Gasteiger partial charge in [0.05, 0.1) is 5.25 Å². The number of nitrogens with one attached hydrogen (secondary N) is 2. The topological polar surface area (TPSA) is 58.2 Å². The first-order valence-electron chi connectivity index (χ1n) is 8.09. The van der Waals surface area contributed by atoms with Crippen LogP contribution in [0.1, 0.15) is 11.1 Å². The summed E-state index contributed by atoms with van der Waals surface area (Å²) in [6.45, 7) is 0. The van der Waals surface area contributed by atoms with E-state index in [1.165, 1.54) is 23.9 Å². The second kappa shape index (κ2) is 8.07. The number of hydrogen-bond donors (Lipinski definition) is 2. The van der Waals surface area contributed by atoms with Gasteiger partial charge in [-0.1, -0.05) is 24.1 Å². The molecule has 1 fully saturated rings. The monoisotopic (exact) mass is 368 g/mol. The Morgan fingerprint density at radius 2 is 2.08 bits per heavy atom. The lowest BCUT2D eigenvalue weighted by Gasteiger charge is -2.28. The molecule has 2 unspecified atom stereocenters. The molecule has 1 saturated heterocycles. The molecule has 0 radical (unpaired) electrons. The highest BCUT2D eigenvalue weighted by Gasteiger charge is 2.32. The first-order valence-corrected chi connectivity index (χ1v) is 9.14.